The van der Waals surface area contributed by atoms with Crippen molar-refractivity contribution in [1.82, 2.24) is 20.9 Å². The van der Waals surface area contributed by atoms with Crippen LogP contribution in [0.4, 0.5) is 5.69 Å². The Bertz CT molecular complexity index is 1110. The van der Waals surface area contributed by atoms with Gasteiger partial charge in [-0.1, -0.05) is 44.0 Å². The summed E-state index contributed by atoms with van der Waals surface area (Å²) in [6.07, 6.45) is 3.48. The lowest BCUT2D eigenvalue weighted by atomic mass is 9.93. The number of amides is 2. The fourth-order valence-corrected chi connectivity index (χ4v) is 3.85. The number of pyridine rings is 1. The van der Waals surface area contributed by atoms with Crippen molar-refractivity contribution in [3.8, 4) is 5.75 Å². The minimum absolute atomic E-state index is 0.0836. The van der Waals surface area contributed by atoms with Crippen molar-refractivity contribution in [2.75, 3.05) is 25.0 Å². The number of carbonyl (C=O) groups is 2. The normalized spacial score (nSPS) is 15.5. The Balaban J connectivity index is 1.57. The number of hydrogen-bond donors (Lipinski definition) is 5. The van der Waals surface area contributed by atoms with Crippen molar-refractivity contribution in [2.24, 2.45) is 10.4 Å². The van der Waals surface area contributed by atoms with Crippen LogP contribution in [-0.4, -0.2) is 47.5 Å². The van der Waals surface area contributed by atoms with Gasteiger partial charge in [0.1, 0.15) is 5.75 Å². The quantitative estimate of drug-likeness (QED) is 0.391. The highest BCUT2D eigenvalue weighted by atomic mass is 35.5. The van der Waals surface area contributed by atoms with E-state index in [1.54, 1.807) is 18.3 Å². The molecule has 0 fully saturated rings. The molecule has 0 bridgehead atoms. The molecule has 0 saturated carbocycles. The molecule has 1 unspecified atom stereocenters. The Morgan fingerprint density at radius 1 is 1.24 bits per heavy atom. The number of phenols is 1. The number of nitrogens with one attached hydrogen (secondary N) is 4. The molecule has 1 aliphatic rings. The highest BCUT2D eigenvalue weighted by Crippen LogP contribution is 2.35. The molecular formula is C23H28Cl2N6O3. The lowest BCUT2D eigenvalue weighted by Crippen LogP contribution is -2.44. The minimum Gasteiger partial charge on any atom is -0.506 e. The highest BCUT2D eigenvalue weighted by molar-refractivity contribution is 6.35. The van der Waals surface area contributed by atoms with Crippen LogP contribution < -0.4 is 21.3 Å². The fraction of sp³-hybridized carbons (Fsp3) is 0.391. The lowest BCUT2D eigenvalue weighted by molar-refractivity contribution is -0.120. The van der Waals surface area contributed by atoms with E-state index in [9.17, 15) is 14.7 Å². The molecule has 9 nitrogen and oxygen atoms in total. The molecule has 0 saturated heterocycles. The molecule has 182 valence electrons. The van der Waals surface area contributed by atoms with Gasteiger partial charge >= 0.3 is 0 Å². The Kier molecular flexibility index (Phi) is 8.22. The maximum absolute atomic E-state index is 12.6. The molecule has 3 rings (SSSR count). The van der Waals surface area contributed by atoms with Crippen molar-refractivity contribution in [3.63, 3.8) is 0 Å². The molecule has 0 radical (unpaired) electrons. The van der Waals surface area contributed by atoms with Gasteiger partial charge in [-0.05, 0) is 24.6 Å². The van der Waals surface area contributed by atoms with Crippen LogP contribution in [0.5, 0.6) is 5.75 Å². The molecule has 0 spiro atoms. The number of carbonyl (C=O) groups excluding carboxylic acids is 2. The van der Waals surface area contributed by atoms with Crippen LogP contribution in [0.15, 0.2) is 35.6 Å². The third-order valence-electron chi connectivity index (χ3n) is 5.25. The van der Waals surface area contributed by atoms with E-state index in [4.69, 9.17) is 23.2 Å². The number of aromatic hydroxyl groups is 1. The summed E-state index contributed by atoms with van der Waals surface area (Å²) in [4.78, 5) is 33.6. The lowest BCUT2D eigenvalue weighted by Gasteiger charge is -2.29. The van der Waals surface area contributed by atoms with Crippen LogP contribution in [0, 0.1) is 5.41 Å². The second-order valence-electron chi connectivity index (χ2n) is 8.81. The zero-order valence-electron chi connectivity index (χ0n) is 19.2. The van der Waals surface area contributed by atoms with E-state index >= 15 is 0 Å². The summed E-state index contributed by atoms with van der Waals surface area (Å²) >= 11 is 12.0. The van der Waals surface area contributed by atoms with Crippen LogP contribution in [-0.2, 0) is 4.79 Å². The fourth-order valence-electron chi connectivity index (χ4n) is 3.34. The molecule has 1 aliphatic heterocycles. The maximum atomic E-state index is 12.6. The molecule has 1 atom stereocenters. The molecule has 2 heterocycles. The average molecular weight is 507 g/mol. The first-order chi connectivity index (χ1) is 16.1. The Labute approximate surface area is 208 Å². The predicted octanol–water partition coefficient (Wildman–Crippen LogP) is 3.49. The number of rotatable bonds is 7. The first-order valence-electron chi connectivity index (χ1n) is 10.8. The monoisotopic (exact) mass is 506 g/mol. The highest BCUT2D eigenvalue weighted by Gasteiger charge is 2.23. The van der Waals surface area contributed by atoms with Crippen molar-refractivity contribution in [1.29, 1.82) is 0 Å². The molecule has 2 aromatic rings. The van der Waals surface area contributed by atoms with Crippen LogP contribution in [0.1, 0.15) is 49.2 Å². The van der Waals surface area contributed by atoms with E-state index < -0.39 is 17.9 Å². The number of phenolic OH excluding ortho intramolecular Hbond substituents is 1. The number of benzene rings is 1. The van der Waals surface area contributed by atoms with Gasteiger partial charge in [-0.15, -0.1) is 0 Å². The topological polar surface area (TPSA) is 128 Å². The number of aliphatic imine (C=N–C) groups is 1. The molecule has 1 aromatic carbocycles. The molecule has 0 aliphatic carbocycles. The number of halogens is 2. The Hall–Kier alpha value is -3.04. The molecule has 11 heteroatoms. The van der Waals surface area contributed by atoms with Gasteiger partial charge in [-0.25, -0.2) is 0 Å². The first kappa shape index (κ1) is 25.6. The van der Waals surface area contributed by atoms with Gasteiger partial charge in [0.15, 0.2) is 5.96 Å². The summed E-state index contributed by atoms with van der Waals surface area (Å²) in [7, 11) is 0. The smallest absolute Gasteiger partial charge is 0.253 e. The number of hydrogen-bond acceptors (Lipinski definition) is 7. The van der Waals surface area contributed by atoms with Crippen LogP contribution in [0.2, 0.25) is 10.0 Å². The molecule has 1 aromatic heterocycles. The van der Waals surface area contributed by atoms with Crippen molar-refractivity contribution < 1.29 is 14.7 Å². The maximum Gasteiger partial charge on any atom is 0.253 e. The summed E-state index contributed by atoms with van der Waals surface area (Å²) in [5.74, 6) is -0.403. The average Bonchev–Trinajstić information content (AvgIpc) is 2.80. The number of anilines is 1. The van der Waals surface area contributed by atoms with Crippen LogP contribution in [0.25, 0.3) is 0 Å². The van der Waals surface area contributed by atoms with Crippen molar-refractivity contribution >= 4 is 46.7 Å². The molecule has 2 amide bonds. The van der Waals surface area contributed by atoms with Gasteiger partial charge in [0.05, 0.1) is 35.1 Å². The SMILES string of the molecule is CCC(NC(=O)CNC(=O)c1cncc(NC2=NCC(C)(C)CN2)c1)c1cc(Cl)cc(Cl)c1O. The third-order valence-corrected chi connectivity index (χ3v) is 5.76. The van der Waals surface area contributed by atoms with E-state index in [2.05, 4.69) is 45.1 Å². The van der Waals surface area contributed by atoms with Crippen molar-refractivity contribution in [3.05, 3.63) is 51.8 Å². The van der Waals surface area contributed by atoms with Gasteiger partial charge in [0.2, 0.25) is 5.91 Å². The summed E-state index contributed by atoms with van der Waals surface area (Å²) < 4.78 is 0. The second kappa shape index (κ2) is 10.9. The van der Waals surface area contributed by atoms with Gasteiger partial charge in [-0.2, -0.15) is 0 Å². The van der Waals surface area contributed by atoms with Gasteiger partial charge in [0.25, 0.3) is 5.91 Å². The predicted molar refractivity (Wildman–Crippen MR) is 134 cm³/mol. The Morgan fingerprint density at radius 2 is 2.00 bits per heavy atom. The largest absolute Gasteiger partial charge is 0.506 e. The first-order valence-corrected chi connectivity index (χ1v) is 11.6. The third kappa shape index (κ3) is 6.74. The zero-order valence-corrected chi connectivity index (χ0v) is 20.7. The zero-order chi connectivity index (χ0) is 24.9. The standard InChI is InChI=1S/C23H28Cl2N6O3/c1-4-18(16-6-14(24)7-17(25)20(16)33)31-19(32)10-27-21(34)13-5-15(9-26-8-13)30-22-28-11-23(2,3)12-29-22/h5-9,18,33H,4,10-12H2,1-3H3,(H,27,34)(H,31,32)(H2,28,29,30). The van der Waals surface area contributed by atoms with Crippen molar-refractivity contribution in [2.45, 2.75) is 33.2 Å². The van der Waals surface area contributed by atoms with E-state index in [0.717, 1.165) is 6.54 Å². The van der Waals surface area contributed by atoms with Crippen LogP contribution >= 0.6 is 23.2 Å². The van der Waals surface area contributed by atoms with E-state index in [1.165, 1.54) is 12.3 Å². The summed E-state index contributed by atoms with van der Waals surface area (Å²) in [5, 5.41) is 22.4. The molecule has 34 heavy (non-hydrogen) atoms. The van der Waals surface area contributed by atoms with E-state index in [-0.39, 0.29) is 22.7 Å². The van der Waals surface area contributed by atoms with Crippen LogP contribution in [0.3, 0.4) is 0 Å². The molecular weight excluding hydrogens is 479 g/mol. The summed E-state index contributed by atoms with van der Waals surface area (Å²) in [6, 6.07) is 4.08. The Morgan fingerprint density at radius 3 is 2.68 bits per heavy atom. The minimum atomic E-state index is -0.524. The number of guanidine groups is 1. The van der Waals surface area contributed by atoms with Gasteiger partial charge in [0, 0.05) is 35.3 Å². The van der Waals surface area contributed by atoms with E-state index in [0.29, 0.717) is 40.8 Å². The molecule has 5 N–H and O–H groups in total. The summed E-state index contributed by atoms with van der Waals surface area (Å²) in [6.45, 7) is 7.29. The van der Waals surface area contributed by atoms with Gasteiger partial charge in [-0.3, -0.25) is 19.6 Å². The summed E-state index contributed by atoms with van der Waals surface area (Å²) in [5.41, 5.74) is 1.38. The number of aromatic nitrogens is 1. The number of nitrogens with zero attached hydrogens (tertiary/aromatic N) is 2. The second-order valence-corrected chi connectivity index (χ2v) is 9.65. The van der Waals surface area contributed by atoms with E-state index in [1.807, 2.05) is 6.92 Å². The van der Waals surface area contributed by atoms with Gasteiger partial charge < -0.3 is 26.4 Å².